The second kappa shape index (κ2) is 5.33. The number of halogens is 6. The maximum Gasteiger partial charge on any atom is 0.425 e. The minimum Gasteiger partial charge on any atom is -0.305 e. The molecule has 0 saturated heterocycles. The normalized spacial score (nSPS) is 12.8. The van der Waals surface area contributed by atoms with Gasteiger partial charge in [-0.1, -0.05) is 0 Å². The Morgan fingerprint density at radius 2 is 1.67 bits per heavy atom. The van der Waals surface area contributed by atoms with E-state index in [0.717, 1.165) is 24.3 Å². The first-order valence-electron chi connectivity index (χ1n) is 6.34. The fourth-order valence-electron chi connectivity index (χ4n) is 2.05. The van der Waals surface area contributed by atoms with Gasteiger partial charge < -0.3 is 4.98 Å². The molecule has 0 amide bonds. The molecule has 0 aliphatic heterocycles. The van der Waals surface area contributed by atoms with Gasteiger partial charge in [0.05, 0.1) is 21.3 Å². The summed E-state index contributed by atoms with van der Waals surface area (Å²) in [5, 5.41) is -0.0839. The molecule has 126 valence electrons. The third-order valence-electron chi connectivity index (χ3n) is 3.15. The van der Waals surface area contributed by atoms with E-state index in [1.54, 1.807) is 0 Å². The van der Waals surface area contributed by atoms with E-state index < -0.39 is 28.4 Å². The van der Waals surface area contributed by atoms with Crippen LogP contribution in [0.15, 0.2) is 35.1 Å². The van der Waals surface area contributed by atoms with Crippen LogP contribution in [-0.4, -0.2) is 9.97 Å². The average Bonchev–Trinajstić information content (AvgIpc) is 2.95. The van der Waals surface area contributed by atoms with E-state index in [0.29, 0.717) is 17.4 Å². The average molecular weight is 364 g/mol. The highest BCUT2D eigenvalue weighted by atomic mass is 32.1. The van der Waals surface area contributed by atoms with Gasteiger partial charge in [0.15, 0.2) is 5.82 Å². The number of benzene rings is 1. The molecule has 0 saturated carbocycles. The topological polar surface area (TPSA) is 45.8 Å². The molecule has 3 aromatic rings. The van der Waals surface area contributed by atoms with Crippen LogP contribution in [0.4, 0.5) is 26.3 Å². The van der Waals surface area contributed by atoms with Gasteiger partial charge in [0.1, 0.15) is 4.88 Å². The van der Waals surface area contributed by atoms with Gasteiger partial charge in [-0.2, -0.15) is 26.3 Å². The Hall–Kier alpha value is -2.36. The summed E-state index contributed by atoms with van der Waals surface area (Å²) in [5.74, 6) is -0.215. The molecule has 3 nitrogen and oxygen atoms in total. The molecule has 1 aromatic carbocycles. The number of rotatable bonds is 1. The van der Waals surface area contributed by atoms with Crippen molar-refractivity contribution in [3.8, 4) is 10.7 Å². The second-order valence-electron chi connectivity index (χ2n) is 4.81. The first-order valence-corrected chi connectivity index (χ1v) is 7.16. The van der Waals surface area contributed by atoms with E-state index in [1.165, 1.54) is 0 Å². The van der Waals surface area contributed by atoms with Crippen molar-refractivity contribution < 1.29 is 26.3 Å². The SMILES string of the molecule is O=c1[nH]c(-c2ccc(C(F)(F)F)s2)nc2cc(C(F)(F)F)ccc12. The van der Waals surface area contributed by atoms with Gasteiger partial charge in [0.2, 0.25) is 0 Å². The molecule has 0 fully saturated rings. The fourth-order valence-corrected chi connectivity index (χ4v) is 2.87. The minimum atomic E-state index is -4.62. The highest BCUT2D eigenvalue weighted by molar-refractivity contribution is 7.15. The molecular formula is C14H6F6N2OS. The summed E-state index contributed by atoms with van der Waals surface area (Å²) in [4.78, 5) is 17.2. The number of hydrogen-bond donors (Lipinski definition) is 1. The van der Waals surface area contributed by atoms with Gasteiger partial charge in [-0.05, 0) is 30.3 Å². The zero-order valence-electron chi connectivity index (χ0n) is 11.4. The summed E-state index contributed by atoms with van der Waals surface area (Å²) in [7, 11) is 0. The van der Waals surface area contributed by atoms with Crippen molar-refractivity contribution in [1.82, 2.24) is 9.97 Å². The molecule has 2 heterocycles. The van der Waals surface area contributed by atoms with Crippen molar-refractivity contribution >= 4 is 22.2 Å². The third-order valence-corrected chi connectivity index (χ3v) is 4.29. The molecule has 1 N–H and O–H groups in total. The van der Waals surface area contributed by atoms with E-state index in [2.05, 4.69) is 9.97 Å². The molecule has 0 spiro atoms. The summed E-state index contributed by atoms with van der Waals surface area (Å²) in [6, 6.07) is 4.32. The molecule has 0 aliphatic rings. The van der Waals surface area contributed by atoms with Crippen LogP contribution in [0, 0.1) is 0 Å². The van der Waals surface area contributed by atoms with Crippen molar-refractivity contribution in [2.45, 2.75) is 12.4 Å². The van der Waals surface area contributed by atoms with Gasteiger partial charge in [-0.15, -0.1) is 11.3 Å². The maximum atomic E-state index is 12.7. The van der Waals surface area contributed by atoms with Gasteiger partial charge >= 0.3 is 12.4 Å². The molecule has 0 radical (unpaired) electrons. The van der Waals surface area contributed by atoms with Crippen LogP contribution in [-0.2, 0) is 12.4 Å². The first-order chi connectivity index (χ1) is 11.1. The van der Waals surface area contributed by atoms with Crippen LogP contribution in [0.3, 0.4) is 0 Å². The smallest absolute Gasteiger partial charge is 0.305 e. The lowest BCUT2D eigenvalue weighted by molar-refractivity contribution is -0.137. The zero-order valence-corrected chi connectivity index (χ0v) is 12.2. The summed E-state index contributed by atoms with van der Waals surface area (Å²) in [6.07, 6.45) is -9.17. The second-order valence-corrected chi connectivity index (χ2v) is 5.89. The van der Waals surface area contributed by atoms with Crippen LogP contribution in [0.1, 0.15) is 10.4 Å². The monoisotopic (exact) mass is 364 g/mol. The zero-order chi connectivity index (χ0) is 17.7. The van der Waals surface area contributed by atoms with Gasteiger partial charge in [-0.25, -0.2) is 4.98 Å². The summed E-state index contributed by atoms with van der Waals surface area (Å²) in [6.45, 7) is 0. The Balaban J connectivity index is 2.16. The molecule has 10 heteroatoms. The standard InChI is InChI=1S/C14H6F6N2OS/c15-13(16,17)6-1-2-7-8(5-6)21-11(22-12(7)23)9-3-4-10(24-9)14(18,19)20/h1-5H,(H,21,22,23). The lowest BCUT2D eigenvalue weighted by atomic mass is 10.1. The Kier molecular flexibility index (Phi) is 3.67. The number of H-pyrrole nitrogens is 1. The minimum absolute atomic E-state index is 0.00117. The summed E-state index contributed by atoms with van der Waals surface area (Å²) >= 11 is 0.340. The number of alkyl halides is 6. The number of nitrogens with one attached hydrogen (secondary N) is 1. The van der Waals surface area contributed by atoms with E-state index >= 15 is 0 Å². The van der Waals surface area contributed by atoms with Crippen molar-refractivity contribution in [1.29, 1.82) is 0 Å². The van der Waals surface area contributed by atoms with Crippen LogP contribution >= 0.6 is 11.3 Å². The van der Waals surface area contributed by atoms with Crippen molar-refractivity contribution in [3.63, 3.8) is 0 Å². The molecule has 0 aliphatic carbocycles. The predicted octanol–water partition coefficient (Wildman–Crippen LogP) is 4.69. The Bertz CT molecular complexity index is 970. The van der Waals surface area contributed by atoms with Crippen LogP contribution in [0.5, 0.6) is 0 Å². The fraction of sp³-hybridized carbons (Fsp3) is 0.143. The van der Waals surface area contributed by atoms with Crippen LogP contribution in [0.25, 0.3) is 21.6 Å². The highest BCUT2D eigenvalue weighted by Gasteiger charge is 2.33. The Morgan fingerprint density at radius 3 is 2.25 bits per heavy atom. The number of thiophene rings is 1. The lowest BCUT2D eigenvalue weighted by Crippen LogP contribution is -2.11. The van der Waals surface area contributed by atoms with E-state index in [4.69, 9.17) is 0 Å². The molecule has 0 bridgehead atoms. The quantitative estimate of drug-likeness (QED) is 0.637. The largest absolute Gasteiger partial charge is 0.425 e. The Morgan fingerprint density at radius 1 is 0.958 bits per heavy atom. The van der Waals surface area contributed by atoms with E-state index in [9.17, 15) is 31.1 Å². The first kappa shape index (κ1) is 16.5. The van der Waals surface area contributed by atoms with Crippen molar-refractivity contribution in [3.05, 3.63) is 51.1 Å². The van der Waals surface area contributed by atoms with Gasteiger partial charge in [0, 0.05) is 0 Å². The highest BCUT2D eigenvalue weighted by Crippen LogP contribution is 2.37. The maximum absolute atomic E-state index is 12.7. The third kappa shape index (κ3) is 3.01. The summed E-state index contributed by atoms with van der Waals surface area (Å²) < 4.78 is 76.1. The number of aromatic amines is 1. The number of hydrogen-bond acceptors (Lipinski definition) is 3. The van der Waals surface area contributed by atoms with Crippen LogP contribution < -0.4 is 5.56 Å². The number of fused-ring (bicyclic) bond motifs is 1. The van der Waals surface area contributed by atoms with Crippen molar-refractivity contribution in [2.75, 3.05) is 0 Å². The molecule has 0 unspecified atom stereocenters. The Labute approximate surface area is 133 Å². The molecule has 3 rings (SSSR count). The van der Waals surface area contributed by atoms with E-state index in [1.807, 2.05) is 0 Å². The predicted molar refractivity (Wildman–Crippen MR) is 75.7 cm³/mol. The summed E-state index contributed by atoms with van der Waals surface area (Å²) in [5.41, 5.74) is -1.97. The van der Waals surface area contributed by atoms with E-state index in [-0.39, 0.29) is 21.6 Å². The van der Waals surface area contributed by atoms with Gasteiger partial charge in [-0.3, -0.25) is 4.79 Å². The van der Waals surface area contributed by atoms with Crippen LogP contribution in [0.2, 0.25) is 0 Å². The number of nitrogens with zero attached hydrogens (tertiary/aromatic N) is 1. The molecule has 0 atom stereocenters. The molecular weight excluding hydrogens is 358 g/mol. The van der Waals surface area contributed by atoms with Gasteiger partial charge in [0.25, 0.3) is 5.56 Å². The van der Waals surface area contributed by atoms with Crippen molar-refractivity contribution in [2.24, 2.45) is 0 Å². The molecule has 24 heavy (non-hydrogen) atoms. The number of aromatic nitrogens is 2. The lowest BCUT2D eigenvalue weighted by Gasteiger charge is -2.07. The molecule has 2 aromatic heterocycles.